The van der Waals surface area contributed by atoms with Gasteiger partial charge in [-0.15, -0.1) is 0 Å². The van der Waals surface area contributed by atoms with Crippen molar-refractivity contribution < 1.29 is 9.18 Å². The van der Waals surface area contributed by atoms with Crippen LogP contribution < -0.4 is 5.32 Å². The number of carbonyl (C=O) groups is 1. The molecule has 0 radical (unpaired) electrons. The average Bonchev–Trinajstić information content (AvgIpc) is 3.43. The Morgan fingerprint density at radius 3 is 2.91 bits per heavy atom. The number of nitrogens with zero attached hydrogens (tertiary/aromatic N) is 4. The number of imidazole rings is 1. The molecule has 0 atom stereocenters. The molecule has 0 bridgehead atoms. The minimum absolute atomic E-state index is 0.126. The monoisotopic (exact) mass is 468 g/mol. The summed E-state index contributed by atoms with van der Waals surface area (Å²) in [5.74, 6) is -0.270. The summed E-state index contributed by atoms with van der Waals surface area (Å²) >= 11 is 5.99. The number of urea groups is 1. The van der Waals surface area contributed by atoms with Crippen LogP contribution in [0.5, 0.6) is 0 Å². The van der Waals surface area contributed by atoms with E-state index in [1.54, 1.807) is 30.3 Å². The van der Waals surface area contributed by atoms with Gasteiger partial charge in [0.2, 0.25) is 0 Å². The quantitative estimate of drug-likeness (QED) is 0.336. The van der Waals surface area contributed by atoms with Crippen LogP contribution in [0.4, 0.5) is 9.18 Å². The Hall–Kier alpha value is -3.39. The Morgan fingerprint density at radius 1 is 1.18 bits per heavy atom. The maximum absolute atomic E-state index is 13.4. The number of unbranched alkanes of at least 4 members (excludes halogenated alkanes) is 2. The van der Waals surface area contributed by atoms with E-state index in [4.69, 9.17) is 11.6 Å². The van der Waals surface area contributed by atoms with Gasteiger partial charge in [0.15, 0.2) is 0 Å². The molecule has 0 spiro atoms. The summed E-state index contributed by atoms with van der Waals surface area (Å²) in [6.07, 6.45) is 7.37. The summed E-state index contributed by atoms with van der Waals surface area (Å²) in [6, 6.07) is 11.9. The van der Waals surface area contributed by atoms with E-state index in [0.29, 0.717) is 18.1 Å². The average molecular weight is 469 g/mol. The summed E-state index contributed by atoms with van der Waals surface area (Å²) in [5, 5.41) is 10.8. The fourth-order valence-electron chi connectivity index (χ4n) is 3.63. The molecule has 7 nitrogen and oxygen atoms in total. The fraction of sp³-hybridized carbons (Fsp3) is 0.292. The summed E-state index contributed by atoms with van der Waals surface area (Å²) < 4.78 is 15.2. The molecule has 172 valence electrons. The number of aromatic amines is 1. The van der Waals surface area contributed by atoms with E-state index in [9.17, 15) is 9.18 Å². The molecule has 3 heterocycles. The highest BCUT2D eigenvalue weighted by Crippen LogP contribution is 2.19. The molecule has 0 aliphatic carbocycles. The van der Waals surface area contributed by atoms with Crippen LogP contribution in [0.15, 0.2) is 54.9 Å². The number of hydrogen-bond donors (Lipinski definition) is 2. The number of halogens is 2. The first kappa shape index (κ1) is 22.8. The van der Waals surface area contributed by atoms with Gasteiger partial charge in [0, 0.05) is 37.2 Å². The smallest absolute Gasteiger partial charge is 0.317 e. The highest BCUT2D eigenvalue weighted by Gasteiger charge is 2.10. The Labute approximate surface area is 196 Å². The number of aryl methyl sites for hydroxylation is 1. The predicted molar refractivity (Wildman–Crippen MR) is 127 cm³/mol. The van der Waals surface area contributed by atoms with Crippen LogP contribution in [0, 0.1) is 5.82 Å². The van der Waals surface area contributed by atoms with Crippen LogP contribution in [-0.4, -0.2) is 44.1 Å². The number of carbonyl (C=O) groups excluding carboxylic acids is 1. The SMILES string of the molecule is CN(CCCCCc1cc(-c2cccc(F)c2)n[nH]1)C(=O)NCc1cn2cc(Cl)ccc2n1. The van der Waals surface area contributed by atoms with E-state index in [-0.39, 0.29) is 11.8 Å². The van der Waals surface area contributed by atoms with Gasteiger partial charge in [-0.2, -0.15) is 5.10 Å². The van der Waals surface area contributed by atoms with E-state index >= 15 is 0 Å². The number of pyridine rings is 1. The van der Waals surface area contributed by atoms with E-state index in [2.05, 4.69) is 20.5 Å². The lowest BCUT2D eigenvalue weighted by atomic mass is 10.1. The summed E-state index contributed by atoms with van der Waals surface area (Å²) in [6.45, 7) is 1.03. The van der Waals surface area contributed by atoms with Crippen molar-refractivity contribution in [1.82, 2.24) is 29.8 Å². The normalized spacial score (nSPS) is 11.1. The van der Waals surface area contributed by atoms with Gasteiger partial charge >= 0.3 is 6.03 Å². The van der Waals surface area contributed by atoms with Crippen LogP contribution >= 0.6 is 11.6 Å². The predicted octanol–water partition coefficient (Wildman–Crippen LogP) is 5.07. The number of aromatic nitrogens is 4. The summed E-state index contributed by atoms with van der Waals surface area (Å²) in [7, 11) is 1.79. The molecule has 0 saturated carbocycles. The third-order valence-corrected chi connectivity index (χ3v) is 5.65. The van der Waals surface area contributed by atoms with Crippen LogP contribution in [0.1, 0.15) is 30.7 Å². The molecule has 2 amide bonds. The fourth-order valence-corrected chi connectivity index (χ4v) is 3.80. The van der Waals surface area contributed by atoms with E-state index in [0.717, 1.165) is 54.0 Å². The molecule has 9 heteroatoms. The standard InChI is InChI=1S/C24H26ClFN6O/c1-31(24(33)27-14-21-16-32-15-18(25)9-10-23(32)28-21)11-4-2-3-8-20-13-22(30-29-20)17-6-5-7-19(26)12-17/h5-7,9-10,12-13,15-16H,2-4,8,11,14H2,1H3,(H,27,33)(H,29,30). The number of nitrogens with one attached hydrogen (secondary N) is 2. The van der Waals surface area contributed by atoms with Crippen molar-refractivity contribution in [3.05, 3.63) is 77.1 Å². The zero-order chi connectivity index (χ0) is 23.2. The molecule has 0 aliphatic rings. The lowest BCUT2D eigenvalue weighted by Gasteiger charge is -2.17. The number of fused-ring (bicyclic) bond motifs is 1. The van der Waals surface area contributed by atoms with Crippen LogP contribution in [-0.2, 0) is 13.0 Å². The molecule has 0 unspecified atom stereocenters. The Morgan fingerprint density at radius 2 is 2.06 bits per heavy atom. The number of benzene rings is 1. The third kappa shape index (κ3) is 6.10. The maximum atomic E-state index is 13.4. The summed E-state index contributed by atoms with van der Waals surface area (Å²) in [4.78, 5) is 18.5. The van der Waals surface area contributed by atoms with Crippen molar-refractivity contribution in [2.45, 2.75) is 32.2 Å². The highest BCUT2D eigenvalue weighted by atomic mass is 35.5. The summed E-state index contributed by atoms with van der Waals surface area (Å²) in [5.41, 5.74) is 4.09. The van der Waals surface area contributed by atoms with E-state index < -0.39 is 0 Å². The maximum Gasteiger partial charge on any atom is 0.317 e. The van der Waals surface area contributed by atoms with Gasteiger partial charge in [-0.1, -0.05) is 30.2 Å². The number of rotatable bonds is 9. The van der Waals surface area contributed by atoms with Gasteiger partial charge in [0.25, 0.3) is 0 Å². The largest absolute Gasteiger partial charge is 0.332 e. The molecule has 3 aromatic heterocycles. The molecule has 0 aliphatic heterocycles. The van der Waals surface area contributed by atoms with Gasteiger partial charge in [-0.3, -0.25) is 5.10 Å². The first-order chi connectivity index (χ1) is 16.0. The van der Waals surface area contributed by atoms with Crippen molar-refractivity contribution in [3.63, 3.8) is 0 Å². The molecule has 4 rings (SSSR count). The first-order valence-electron chi connectivity index (χ1n) is 10.9. The Balaban J connectivity index is 1.15. The number of hydrogen-bond acceptors (Lipinski definition) is 3. The van der Waals surface area contributed by atoms with Crippen molar-refractivity contribution in [1.29, 1.82) is 0 Å². The van der Waals surface area contributed by atoms with Crippen LogP contribution in [0.2, 0.25) is 5.02 Å². The van der Waals surface area contributed by atoms with Gasteiger partial charge in [0.1, 0.15) is 11.5 Å². The third-order valence-electron chi connectivity index (χ3n) is 5.42. The molecule has 0 saturated heterocycles. The van der Waals surface area contributed by atoms with Gasteiger partial charge < -0.3 is 14.6 Å². The first-order valence-corrected chi connectivity index (χ1v) is 11.3. The molecule has 0 fully saturated rings. The van der Waals surface area contributed by atoms with E-state index in [1.165, 1.54) is 12.1 Å². The van der Waals surface area contributed by atoms with E-state index in [1.807, 2.05) is 28.8 Å². The molecule has 2 N–H and O–H groups in total. The second-order valence-corrected chi connectivity index (χ2v) is 8.46. The second-order valence-electron chi connectivity index (χ2n) is 8.02. The van der Waals surface area contributed by atoms with Crippen molar-refractivity contribution in [2.75, 3.05) is 13.6 Å². The lowest BCUT2D eigenvalue weighted by Crippen LogP contribution is -2.37. The Bertz CT molecular complexity index is 1240. The molecule has 1 aromatic carbocycles. The minimum Gasteiger partial charge on any atom is -0.332 e. The van der Waals surface area contributed by atoms with Crippen molar-refractivity contribution >= 4 is 23.3 Å². The van der Waals surface area contributed by atoms with Crippen molar-refractivity contribution in [3.8, 4) is 11.3 Å². The molecule has 33 heavy (non-hydrogen) atoms. The molecular formula is C24H26ClFN6O. The molecule has 4 aromatic rings. The Kier molecular flexibility index (Phi) is 7.24. The van der Waals surface area contributed by atoms with Crippen molar-refractivity contribution in [2.24, 2.45) is 0 Å². The topological polar surface area (TPSA) is 78.3 Å². The second kappa shape index (κ2) is 10.5. The van der Waals surface area contributed by atoms with Crippen LogP contribution in [0.25, 0.3) is 16.9 Å². The zero-order valence-corrected chi connectivity index (χ0v) is 19.1. The molecular weight excluding hydrogens is 443 g/mol. The van der Waals surface area contributed by atoms with Gasteiger partial charge in [-0.25, -0.2) is 14.2 Å². The van der Waals surface area contributed by atoms with Crippen LogP contribution in [0.3, 0.4) is 0 Å². The lowest BCUT2D eigenvalue weighted by molar-refractivity contribution is 0.207. The van der Waals surface area contributed by atoms with Gasteiger partial charge in [0.05, 0.1) is 23.0 Å². The number of amides is 2. The highest BCUT2D eigenvalue weighted by molar-refractivity contribution is 6.30. The zero-order valence-electron chi connectivity index (χ0n) is 18.4. The number of H-pyrrole nitrogens is 1. The van der Waals surface area contributed by atoms with Gasteiger partial charge in [-0.05, 0) is 49.6 Å². The minimum atomic E-state index is -0.270.